The third-order valence-corrected chi connectivity index (χ3v) is 2.79. The first-order chi connectivity index (χ1) is 9.69. The maximum Gasteiger partial charge on any atom is 0.191 e. The van der Waals surface area contributed by atoms with E-state index >= 15 is 0 Å². The number of hydrogen-bond donors (Lipinski definition) is 2. The van der Waals surface area contributed by atoms with E-state index in [1.165, 1.54) is 11.1 Å². The van der Waals surface area contributed by atoms with Gasteiger partial charge in [-0.2, -0.15) is 0 Å². The fourth-order valence-electron chi connectivity index (χ4n) is 1.90. The Kier molecular flexibility index (Phi) is 11.3. The summed E-state index contributed by atoms with van der Waals surface area (Å²) in [5.41, 5.74) is 2.37. The summed E-state index contributed by atoms with van der Waals surface area (Å²) in [5, 5.41) is 6.55. The first kappa shape index (κ1) is 20.1. The molecule has 1 unspecified atom stereocenters. The Bertz CT molecular complexity index is 427. The van der Waals surface area contributed by atoms with Crippen molar-refractivity contribution in [3.05, 3.63) is 35.4 Å². The fraction of sp³-hybridized carbons (Fsp3) is 0.533. The summed E-state index contributed by atoms with van der Waals surface area (Å²) in [4.78, 5) is 4.20. The van der Waals surface area contributed by atoms with Gasteiger partial charge in [-0.3, -0.25) is 4.99 Å². The molecule has 0 aliphatic heterocycles. The van der Waals surface area contributed by atoms with Crippen molar-refractivity contribution in [1.29, 1.82) is 0 Å². The summed E-state index contributed by atoms with van der Waals surface area (Å²) < 4.78 is 10.2. The fourth-order valence-corrected chi connectivity index (χ4v) is 1.90. The van der Waals surface area contributed by atoms with Crippen molar-refractivity contribution in [2.24, 2.45) is 4.99 Å². The van der Waals surface area contributed by atoms with Gasteiger partial charge in [0.25, 0.3) is 0 Å². The molecule has 1 rings (SSSR count). The minimum atomic E-state index is 0. The van der Waals surface area contributed by atoms with Crippen molar-refractivity contribution in [2.45, 2.75) is 26.1 Å². The number of methoxy groups -OCH3 is 2. The molecule has 1 atom stereocenters. The molecular formula is C15H26IN3O2. The van der Waals surface area contributed by atoms with E-state index in [0.717, 1.165) is 12.5 Å². The van der Waals surface area contributed by atoms with Crippen molar-refractivity contribution >= 4 is 29.9 Å². The molecule has 1 aromatic rings. The van der Waals surface area contributed by atoms with Gasteiger partial charge in [-0.25, -0.2) is 0 Å². The summed E-state index contributed by atoms with van der Waals surface area (Å²) in [6, 6.07) is 8.52. The molecule has 6 heteroatoms. The molecule has 0 fully saturated rings. The topological polar surface area (TPSA) is 54.9 Å². The van der Waals surface area contributed by atoms with Gasteiger partial charge in [0, 0.05) is 33.9 Å². The second-order valence-electron chi connectivity index (χ2n) is 4.68. The van der Waals surface area contributed by atoms with E-state index in [-0.39, 0.29) is 30.0 Å². The van der Waals surface area contributed by atoms with Crippen LogP contribution >= 0.6 is 24.0 Å². The number of ether oxygens (including phenoxy) is 2. The smallest absolute Gasteiger partial charge is 0.191 e. The largest absolute Gasteiger partial charge is 0.383 e. The van der Waals surface area contributed by atoms with Crippen LogP contribution in [0.15, 0.2) is 29.3 Å². The van der Waals surface area contributed by atoms with Crippen LogP contribution in [0, 0.1) is 0 Å². The number of nitrogens with one attached hydrogen (secondary N) is 2. The van der Waals surface area contributed by atoms with Crippen molar-refractivity contribution in [1.82, 2.24) is 10.6 Å². The zero-order valence-corrected chi connectivity index (χ0v) is 15.5. The quantitative estimate of drug-likeness (QED) is 0.413. The number of nitrogens with zero attached hydrogens (tertiary/aromatic N) is 1. The molecule has 0 saturated carbocycles. The van der Waals surface area contributed by atoms with Crippen LogP contribution in [0.4, 0.5) is 0 Å². The maximum atomic E-state index is 5.14. The monoisotopic (exact) mass is 407 g/mol. The van der Waals surface area contributed by atoms with E-state index in [0.29, 0.717) is 13.2 Å². The molecule has 1 aromatic carbocycles. The molecule has 0 bridgehead atoms. The van der Waals surface area contributed by atoms with Gasteiger partial charge in [-0.05, 0) is 18.1 Å². The number of aliphatic imine (C=N–C) groups is 1. The first-order valence-corrected chi connectivity index (χ1v) is 6.72. The summed E-state index contributed by atoms with van der Waals surface area (Å²) in [7, 11) is 5.15. The SMILES string of the molecule is CN=C(NCc1cccc(COC)c1)NC(C)COC.I. The van der Waals surface area contributed by atoms with E-state index in [9.17, 15) is 0 Å². The molecule has 0 aliphatic rings. The van der Waals surface area contributed by atoms with Crippen LogP contribution in [0.25, 0.3) is 0 Å². The number of rotatable bonds is 7. The van der Waals surface area contributed by atoms with Gasteiger partial charge in [-0.15, -0.1) is 24.0 Å². The number of guanidine groups is 1. The van der Waals surface area contributed by atoms with Crippen LogP contribution in [0.3, 0.4) is 0 Å². The molecule has 0 aromatic heterocycles. The van der Waals surface area contributed by atoms with Gasteiger partial charge in [0.05, 0.1) is 13.2 Å². The van der Waals surface area contributed by atoms with Crippen LogP contribution in [-0.2, 0) is 22.6 Å². The Morgan fingerprint density at radius 1 is 1.24 bits per heavy atom. The minimum Gasteiger partial charge on any atom is -0.383 e. The highest BCUT2D eigenvalue weighted by Crippen LogP contribution is 2.06. The van der Waals surface area contributed by atoms with E-state index in [1.54, 1.807) is 21.3 Å². The second-order valence-corrected chi connectivity index (χ2v) is 4.68. The highest BCUT2D eigenvalue weighted by atomic mass is 127. The lowest BCUT2D eigenvalue weighted by Gasteiger charge is -2.17. The Morgan fingerprint density at radius 2 is 1.95 bits per heavy atom. The lowest BCUT2D eigenvalue weighted by atomic mass is 10.1. The zero-order chi connectivity index (χ0) is 14.8. The Labute approximate surface area is 144 Å². The molecule has 0 radical (unpaired) electrons. The van der Waals surface area contributed by atoms with Crippen LogP contribution in [0.2, 0.25) is 0 Å². The predicted molar refractivity (Wildman–Crippen MR) is 97.2 cm³/mol. The zero-order valence-electron chi connectivity index (χ0n) is 13.2. The minimum absolute atomic E-state index is 0. The predicted octanol–water partition coefficient (Wildman–Crippen LogP) is 2.15. The molecule has 0 amide bonds. The number of benzene rings is 1. The number of hydrogen-bond acceptors (Lipinski definition) is 3. The molecule has 0 aliphatic carbocycles. The molecule has 120 valence electrons. The van der Waals surface area contributed by atoms with Gasteiger partial charge in [0.1, 0.15) is 0 Å². The molecule has 21 heavy (non-hydrogen) atoms. The third-order valence-electron chi connectivity index (χ3n) is 2.79. The first-order valence-electron chi connectivity index (χ1n) is 6.72. The molecule has 0 spiro atoms. The highest BCUT2D eigenvalue weighted by Gasteiger charge is 2.04. The van der Waals surface area contributed by atoms with Crippen LogP contribution in [0.5, 0.6) is 0 Å². The van der Waals surface area contributed by atoms with Crippen LogP contribution < -0.4 is 10.6 Å². The lowest BCUT2D eigenvalue weighted by molar-refractivity contribution is 0.179. The van der Waals surface area contributed by atoms with Gasteiger partial charge in [0.15, 0.2) is 5.96 Å². The van der Waals surface area contributed by atoms with Crippen LogP contribution in [-0.4, -0.2) is 39.9 Å². The second kappa shape index (κ2) is 11.8. The summed E-state index contributed by atoms with van der Waals surface area (Å²) in [6.45, 7) is 4.04. The van der Waals surface area contributed by atoms with Crippen molar-refractivity contribution in [3.63, 3.8) is 0 Å². The average molecular weight is 407 g/mol. The van der Waals surface area contributed by atoms with E-state index < -0.39 is 0 Å². The molecular weight excluding hydrogens is 381 g/mol. The Balaban J connectivity index is 0.00000400. The van der Waals surface area contributed by atoms with Gasteiger partial charge in [-0.1, -0.05) is 24.3 Å². The molecule has 2 N–H and O–H groups in total. The Morgan fingerprint density at radius 3 is 2.57 bits per heavy atom. The van der Waals surface area contributed by atoms with Gasteiger partial charge >= 0.3 is 0 Å². The number of halogens is 1. The maximum absolute atomic E-state index is 5.14. The molecule has 5 nitrogen and oxygen atoms in total. The van der Waals surface area contributed by atoms with Gasteiger partial charge in [0.2, 0.25) is 0 Å². The van der Waals surface area contributed by atoms with Crippen LogP contribution in [0.1, 0.15) is 18.1 Å². The van der Waals surface area contributed by atoms with E-state index in [2.05, 4.69) is 40.7 Å². The summed E-state index contributed by atoms with van der Waals surface area (Å²) >= 11 is 0. The third kappa shape index (κ3) is 8.23. The van der Waals surface area contributed by atoms with Crippen molar-refractivity contribution in [3.8, 4) is 0 Å². The lowest BCUT2D eigenvalue weighted by Crippen LogP contribution is -2.43. The van der Waals surface area contributed by atoms with Gasteiger partial charge < -0.3 is 20.1 Å². The summed E-state index contributed by atoms with van der Waals surface area (Å²) in [6.07, 6.45) is 0. The van der Waals surface area contributed by atoms with Crippen molar-refractivity contribution in [2.75, 3.05) is 27.9 Å². The molecule has 0 heterocycles. The van der Waals surface area contributed by atoms with E-state index in [4.69, 9.17) is 9.47 Å². The highest BCUT2D eigenvalue weighted by molar-refractivity contribution is 14.0. The van der Waals surface area contributed by atoms with E-state index in [1.807, 2.05) is 6.07 Å². The molecule has 0 saturated heterocycles. The normalized spacial score (nSPS) is 12.5. The summed E-state index contributed by atoms with van der Waals surface area (Å²) in [5.74, 6) is 0.770. The Hall–Kier alpha value is -0.860. The average Bonchev–Trinajstić information content (AvgIpc) is 2.44. The van der Waals surface area contributed by atoms with Crippen molar-refractivity contribution < 1.29 is 9.47 Å². The standard InChI is InChI=1S/C15H25N3O2.HI/c1-12(10-19-3)18-15(16-2)17-9-13-6-5-7-14(8-13)11-20-4;/h5-8,12H,9-11H2,1-4H3,(H2,16,17,18);1H.